The van der Waals surface area contributed by atoms with Crippen molar-refractivity contribution >= 4 is 17.4 Å². The molecule has 1 saturated heterocycles. The van der Waals surface area contributed by atoms with Gasteiger partial charge in [0, 0.05) is 31.4 Å². The van der Waals surface area contributed by atoms with Crippen molar-refractivity contribution in [1.82, 2.24) is 10.1 Å². The van der Waals surface area contributed by atoms with Crippen LogP contribution in [0.1, 0.15) is 30.6 Å². The molecule has 0 radical (unpaired) electrons. The number of nitrogens with zero attached hydrogens (tertiary/aromatic N) is 3. The van der Waals surface area contributed by atoms with Gasteiger partial charge in [0.05, 0.1) is 6.54 Å². The van der Waals surface area contributed by atoms with Crippen LogP contribution in [0.25, 0.3) is 0 Å². The maximum atomic E-state index is 12.0. The number of piperidine rings is 1. The van der Waals surface area contributed by atoms with Crippen LogP contribution in [-0.4, -0.2) is 42.6 Å². The van der Waals surface area contributed by atoms with Gasteiger partial charge >= 0.3 is 0 Å². The van der Waals surface area contributed by atoms with E-state index in [2.05, 4.69) is 39.6 Å². The van der Waals surface area contributed by atoms with Crippen LogP contribution in [0.15, 0.2) is 34.9 Å². The van der Waals surface area contributed by atoms with Crippen molar-refractivity contribution in [3.63, 3.8) is 0 Å². The van der Waals surface area contributed by atoms with Gasteiger partial charge in [0.2, 0.25) is 5.91 Å². The van der Waals surface area contributed by atoms with Crippen molar-refractivity contribution < 1.29 is 9.32 Å². The van der Waals surface area contributed by atoms with Crippen molar-refractivity contribution in [2.24, 2.45) is 0 Å². The van der Waals surface area contributed by atoms with Crippen LogP contribution in [0, 0.1) is 6.92 Å². The number of aryl methyl sites for hydroxylation is 1. The highest BCUT2D eigenvalue weighted by Crippen LogP contribution is 2.20. The standard InChI is InChI=1S/C19H26N4O2/c1-15-12-18(21-25-15)20-19(24)14-22(2)13-16-6-8-17(9-7-16)23-10-4-3-5-11-23/h6-9,12H,3-5,10-11,13-14H2,1-2H3,(H,20,21,24). The zero-order chi connectivity index (χ0) is 17.6. The van der Waals surface area contributed by atoms with E-state index in [4.69, 9.17) is 4.52 Å². The summed E-state index contributed by atoms with van der Waals surface area (Å²) in [7, 11) is 1.94. The molecule has 2 aromatic rings. The molecule has 25 heavy (non-hydrogen) atoms. The van der Waals surface area contributed by atoms with E-state index in [-0.39, 0.29) is 5.91 Å². The number of aromatic nitrogens is 1. The molecule has 1 aromatic carbocycles. The lowest BCUT2D eigenvalue weighted by Crippen LogP contribution is -2.30. The zero-order valence-corrected chi connectivity index (χ0v) is 15.0. The summed E-state index contributed by atoms with van der Waals surface area (Å²) in [6.45, 7) is 5.13. The summed E-state index contributed by atoms with van der Waals surface area (Å²) < 4.78 is 4.94. The van der Waals surface area contributed by atoms with E-state index < -0.39 is 0 Å². The maximum Gasteiger partial charge on any atom is 0.239 e. The first-order valence-electron chi connectivity index (χ1n) is 8.86. The Labute approximate surface area is 148 Å². The first-order valence-corrected chi connectivity index (χ1v) is 8.86. The molecule has 6 nitrogen and oxygen atoms in total. The molecule has 6 heteroatoms. The molecule has 0 aliphatic carbocycles. The molecule has 1 fully saturated rings. The SMILES string of the molecule is Cc1cc(NC(=O)CN(C)Cc2ccc(N3CCCCC3)cc2)no1. The smallest absolute Gasteiger partial charge is 0.239 e. The van der Waals surface area contributed by atoms with Gasteiger partial charge in [0.1, 0.15) is 5.76 Å². The summed E-state index contributed by atoms with van der Waals surface area (Å²) in [4.78, 5) is 16.5. The van der Waals surface area contributed by atoms with Crippen LogP contribution >= 0.6 is 0 Å². The number of nitrogens with one attached hydrogen (secondary N) is 1. The molecule has 1 amide bonds. The van der Waals surface area contributed by atoms with Gasteiger partial charge in [0.25, 0.3) is 0 Å². The molecule has 0 bridgehead atoms. The molecule has 1 aliphatic heterocycles. The average molecular weight is 342 g/mol. The highest BCUT2D eigenvalue weighted by Gasteiger charge is 2.12. The van der Waals surface area contributed by atoms with Gasteiger partial charge in [0.15, 0.2) is 5.82 Å². The number of amides is 1. The van der Waals surface area contributed by atoms with E-state index in [9.17, 15) is 4.79 Å². The summed E-state index contributed by atoms with van der Waals surface area (Å²) in [5.41, 5.74) is 2.50. The zero-order valence-electron chi connectivity index (χ0n) is 15.0. The fourth-order valence-electron chi connectivity index (χ4n) is 3.18. The number of hydrogen-bond acceptors (Lipinski definition) is 5. The van der Waals surface area contributed by atoms with Gasteiger partial charge in [-0.3, -0.25) is 9.69 Å². The lowest BCUT2D eigenvalue weighted by atomic mass is 10.1. The Morgan fingerprint density at radius 2 is 1.96 bits per heavy atom. The molecule has 1 N–H and O–H groups in total. The Morgan fingerprint density at radius 3 is 2.60 bits per heavy atom. The monoisotopic (exact) mass is 342 g/mol. The quantitative estimate of drug-likeness (QED) is 0.874. The Morgan fingerprint density at radius 1 is 1.24 bits per heavy atom. The van der Waals surface area contributed by atoms with Crippen LogP contribution in [-0.2, 0) is 11.3 Å². The lowest BCUT2D eigenvalue weighted by Gasteiger charge is -2.29. The van der Waals surface area contributed by atoms with E-state index in [1.54, 1.807) is 13.0 Å². The van der Waals surface area contributed by atoms with Gasteiger partial charge in [-0.15, -0.1) is 0 Å². The predicted octanol–water partition coefficient (Wildman–Crippen LogP) is 3.04. The van der Waals surface area contributed by atoms with Gasteiger partial charge in [-0.1, -0.05) is 17.3 Å². The van der Waals surface area contributed by atoms with Crippen LogP contribution in [0.5, 0.6) is 0 Å². The lowest BCUT2D eigenvalue weighted by molar-refractivity contribution is -0.117. The Hall–Kier alpha value is -2.34. The molecule has 0 spiro atoms. The number of likely N-dealkylation sites (N-methyl/N-ethyl adjacent to an activating group) is 1. The van der Waals surface area contributed by atoms with Gasteiger partial charge < -0.3 is 14.7 Å². The Bertz CT molecular complexity index is 690. The van der Waals surface area contributed by atoms with Crippen LogP contribution < -0.4 is 10.2 Å². The summed E-state index contributed by atoms with van der Waals surface area (Å²) in [6, 6.07) is 10.4. The highest BCUT2D eigenvalue weighted by atomic mass is 16.5. The minimum atomic E-state index is -0.0965. The second-order valence-corrected chi connectivity index (χ2v) is 6.76. The molecule has 2 heterocycles. The molecule has 0 saturated carbocycles. The molecule has 3 rings (SSSR count). The number of rotatable bonds is 6. The molecule has 1 aromatic heterocycles. The molecular weight excluding hydrogens is 316 g/mol. The van der Waals surface area contributed by atoms with E-state index in [0.717, 1.165) is 19.6 Å². The van der Waals surface area contributed by atoms with Gasteiger partial charge in [-0.05, 0) is 50.9 Å². The molecular formula is C19H26N4O2. The summed E-state index contributed by atoms with van der Waals surface area (Å²) in [5, 5.41) is 6.51. The van der Waals surface area contributed by atoms with E-state index in [1.807, 2.05) is 11.9 Å². The fourth-order valence-corrected chi connectivity index (χ4v) is 3.18. The first kappa shape index (κ1) is 17.5. The second kappa shape index (κ2) is 8.16. The van der Waals surface area contributed by atoms with E-state index in [1.165, 1.54) is 30.5 Å². The van der Waals surface area contributed by atoms with Crippen molar-refractivity contribution in [2.45, 2.75) is 32.7 Å². The van der Waals surface area contributed by atoms with Crippen molar-refractivity contribution in [2.75, 3.05) is 36.9 Å². The number of benzene rings is 1. The van der Waals surface area contributed by atoms with Crippen molar-refractivity contribution in [3.8, 4) is 0 Å². The largest absolute Gasteiger partial charge is 0.372 e. The number of hydrogen-bond donors (Lipinski definition) is 1. The summed E-state index contributed by atoms with van der Waals surface area (Å²) in [6.07, 6.45) is 3.91. The Kier molecular flexibility index (Phi) is 5.71. The van der Waals surface area contributed by atoms with Gasteiger partial charge in [-0.25, -0.2) is 0 Å². The Balaban J connectivity index is 1.48. The molecule has 134 valence electrons. The van der Waals surface area contributed by atoms with Crippen molar-refractivity contribution in [1.29, 1.82) is 0 Å². The number of carbonyl (C=O) groups is 1. The predicted molar refractivity (Wildman–Crippen MR) is 98.7 cm³/mol. The van der Waals surface area contributed by atoms with E-state index >= 15 is 0 Å². The highest BCUT2D eigenvalue weighted by molar-refractivity contribution is 5.91. The third-order valence-electron chi connectivity index (χ3n) is 4.42. The third kappa shape index (κ3) is 5.06. The molecule has 0 atom stereocenters. The molecule has 0 unspecified atom stereocenters. The van der Waals surface area contributed by atoms with E-state index in [0.29, 0.717) is 18.1 Å². The third-order valence-corrected chi connectivity index (χ3v) is 4.42. The number of carbonyl (C=O) groups excluding carboxylic acids is 1. The topological polar surface area (TPSA) is 61.6 Å². The fraction of sp³-hybridized carbons (Fsp3) is 0.474. The van der Waals surface area contributed by atoms with Crippen LogP contribution in [0.2, 0.25) is 0 Å². The average Bonchev–Trinajstić information content (AvgIpc) is 3.01. The minimum absolute atomic E-state index is 0.0965. The normalized spacial score (nSPS) is 14.8. The number of anilines is 2. The summed E-state index contributed by atoms with van der Waals surface area (Å²) >= 11 is 0. The summed E-state index contributed by atoms with van der Waals surface area (Å²) in [5.74, 6) is 1.04. The van der Waals surface area contributed by atoms with Crippen molar-refractivity contribution in [3.05, 3.63) is 41.7 Å². The first-order chi connectivity index (χ1) is 12.1. The van der Waals surface area contributed by atoms with Crippen LogP contribution in [0.3, 0.4) is 0 Å². The maximum absolute atomic E-state index is 12.0. The van der Waals surface area contributed by atoms with Gasteiger partial charge in [-0.2, -0.15) is 0 Å². The minimum Gasteiger partial charge on any atom is -0.372 e. The molecule has 1 aliphatic rings. The van der Waals surface area contributed by atoms with Crippen LogP contribution in [0.4, 0.5) is 11.5 Å². The second-order valence-electron chi connectivity index (χ2n) is 6.76.